The molecule has 0 aliphatic carbocycles. The predicted molar refractivity (Wildman–Crippen MR) is 346 cm³/mol. The first-order valence-electron chi connectivity index (χ1n) is 34.9. The van der Waals surface area contributed by atoms with Crippen LogP contribution in [-0.2, 0) is 19.2 Å². The van der Waals surface area contributed by atoms with E-state index >= 15 is 0 Å². The third kappa shape index (κ3) is 77.2. The van der Waals surface area contributed by atoms with E-state index in [0.717, 1.165) is 70.1 Å². The minimum atomic E-state index is -0.672. The Morgan fingerprint density at radius 3 is 0.700 bits per heavy atom. The summed E-state index contributed by atoms with van der Waals surface area (Å²) in [6.07, 6.45) is 79.4. The fourth-order valence-corrected chi connectivity index (χ4v) is 10.6. The molecular formula is C72H136O8. The van der Waals surface area contributed by atoms with Crippen LogP contribution < -0.4 is 0 Å². The molecule has 0 aliphatic rings. The molecule has 0 bridgehead atoms. The summed E-state index contributed by atoms with van der Waals surface area (Å²) in [6.45, 7) is 9.09. The summed E-state index contributed by atoms with van der Waals surface area (Å²) < 4.78 is 0. The van der Waals surface area contributed by atoms with Gasteiger partial charge in [-0.15, -0.1) is 0 Å². The number of aliphatic carboxylic acids is 4. The number of hydrogen-bond donors (Lipinski definition) is 4. The Morgan fingerprint density at radius 2 is 0.450 bits per heavy atom. The molecule has 0 aromatic heterocycles. The van der Waals surface area contributed by atoms with Crippen LogP contribution in [0.15, 0.2) is 36.0 Å². The predicted octanol–water partition coefficient (Wildman–Crippen LogP) is 24.3. The summed E-state index contributed by atoms with van der Waals surface area (Å²) in [5, 5.41) is 34.7. The van der Waals surface area contributed by atoms with E-state index in [4.69, 9.17) is 20.4 Å². The van der Waals surface area contributed by atoms with Crippen LogP contribution >= 0.6 is 0 Å². The highest BCUT2D eigenvalue weighted by Gasteiger charge is 2.15. The Kier molecular flexibility index (Phi) is 73.4. The molecule has 0 fully saturated rings. The fraction of sp³-hybridized carbons (Fsp3) is 0.861. The molecule has 0 radical (unpaired) electrons. The number of carboxylic acids is 4. The molecular weight excluding hydrogens is 993 g/mol. The molecule has 0 aromatic rings. The Labute approximate surface area is 496 Å². The van der Waals surface area contributed by atoms with Crippen LogP contribution in [-0.4, -0.2) is 44.3 Å². The minimum Gasteiger partial charge on any atom is -0.481 e. The fourth-order valence-electron chi connectivity index (χ4n) is 10.6. The number of carboxylic acid groups (broad SMARTS) is 4. The Hall–Kier alpha value is -2.90. The van der Waals surface area contributed by atoms with Gasteiger partial charge in [-0.05, 0) is 121 Å². The second-order valence-electron chi connectivity index (χ2n) is 23.8. The summed E-state index contributed by atoms with van der Waals surface area (Å²) in [6, 6.07) is 0. The van der Waals surface area contributed by atoms with Crippen LogP contribution in [0.3, 0.4) is 0 Å². The van der Waals surface area contributed by atoms with Crippen molar-refractivity contribution in [1.82, 2.24) is 0 Å². The molecule has 1 unspecified atom stereocenters. The maximum Gasteiger partial charge on any atom is 0.303 e. The first-order valence-corrected chi connectivity index (χ1v) is 34.9. The topological polar surface area (TPSA) is 149 Å². The van der Waals surface area contributed by atoms with Crippen LogP contribution in [0.2, 0.25) is 0 Å². The Balaban J connectivity index is -0.00000124. The van der Waals surface area contributed by atoms with Crippen molar-refractivity contribution in [2.24, 2.45) is 5.92 Å². The summed E-state index contributed by atoms with van der Waals surface area (Å²) in [5.74, 6) is -1.94. The molecule has 1 atom stereocenters. The minimum absolute atomic E-state index is 0.308. The molecule has 0 aliphatic heterocycles. The quantitative estimate of drug-likeness (QED) is 0.0347. The highest BCUT2D eigenvalue weighted by molar-refractivity contribution is 5.67. The van der Waals surface area contributed by atoms with Gasteiger partial charge in [-0.25, -0.2) is 0 Å². The van der Waals surface area contributed by atoms with E-state index in [1.807, 2.05) is 0 Å². The smallest absolute Gasteiger partial charge is 0.303 e. The van der Waals surface area contributed by atoms with Gasteiger partial charge in [0.1, 0.15) is 0 Å². The lowest BCUT2D eigenvalue weighted by molar-refractivity contribution is -0.138. The maximum absolute atomic E-state index is 10.8. The van der Waals surface area contributed by atoms with E-state index in [0.29, 0.717) is 25.7 Å². The standard InChI is InChI=1S/C36H68O4.2C18H34O2/c1-3-5-7-9-11-16-22-28-34(30-24-18-14-20-26-32-36(39)40)33(27-21-15-10-8-6-4-2)29-23-17-12-13-19-25-31-35(37)38;2*1-2-3-4-5-6-7-8-9-10-11-12-13-14-15-16-17-18(19)20/h29,34H,3-28,30-32H2,1-2H3,(H,37,38)(H,39,40);2*9-10H,2-8,11-17H2,1H3,(H,19,20)/b33-29+;2*10-9-. The zero-order chi connectivity index (χ0) is 59.3. The van der Waals surface area contributed by atoms with E-state index < -0.39 is 23.9 Å². The van der Waals surface area contributed by atoms with Crippen molar-refractivity contribution < 1.29 is 39.6 Å². The highest BCUT2D eigenvalue weighted by Crippen LogP contribution is 2.31. The third-order valence-electron chi connectivity index (χ3n) is 15.7. The zero-order valence-corrected chi connectivity index (χ0v) is 53.7. The van der Waals surface area contributed by atoms with Gasteiger partial charge in [0, 0.05) is 25.7 Å². The monoisotopic (exact) mass is 1130 g/mol. The number of carbonyl (C=O) groups is 4. The largest absolute Gasteiger partial charge is 0.481 e. The molecule has 0 heterocycles. The highest BCUT2D eigenvalue weighted by atomic mass is 16.4. The first-order chi connectivity index (χ1) is 39.0. The van der Waals surface area contributed by atoms with Crippen molar-refractivity contribution in [2.45, 2.75) is 394 Å². The van der Waals surface area contributed by atoms with E-state index in [9.17, 15) is 19.2 Å². The van der Waals surface area contributed by atoms with E-state index in [-0.39, 0.29) is 0 Å². The van der Waals surface area contributed by atoms with Gasteiger partial charge in [0.05, 0.1) is 0 Å². The molecule has 4 N–H and O–H groups in total. The molecule has 80 heavy (non-hydrogen) atoms. The summed E-state index contributed by atoms with van der Waals surface area (Å²) >= 11 is 0. The summed E-state index contributed by atoms with van der Waals surface area (Å²) in [4.78, 5) is 42.2. The molecule has 0 aromatic carbocycles. The van der Waals surface area contributed by atoms with Gasteiger partial charge in [0.2, 0.25) is 0 Å². The zero-order valence-electron chi connectivity index (χ0n) is 53.7. The summed E-state index contributed by atoms with van der Waals surface area (Å²) in [5.41, 5.74) is 1.73. The van der Waals surface area contributed by atoms with E-state index in [2.05, 4.69) is 58.1 Å². The lowest BCUT2D eigenvalue weighted by Gasteiger charge is -2.22. The van der Waals surface area contributed by atoms with Crippen LogP contribution in [0.1, 0.15) is 394 Å². The Morgan fingerprint density at radius 1 is 0.250 bits per heavy atom. The molecule has 0 rings (SSSR count). The average Bonchev–Trinajstić information content (AvgIpc) is 3.43. The Bertz CT molecular complexity index is 1320. The van der Waals surface area contributed by atoms with Crippen molar-refractivity contribution in [3.05, 3.63) is 36.0 Å². The van der Waals surface area contributed by atoms with Gasteiger partial charge >= 0.3 is 23.9 Å². The molecule has 0 spiro atoms. The first kappa shape index (κ1) is 81.3. The lowest BCUT2D eigenvalue weighted by atomic mass is 9.84. The van der Waals surface area contributed by atoms with Gasteiger partial charge in [-0.2, -0.15) is 0 Å². The molecule has 8 heteroatoms. The molecule has 472 valence electrons. The van der Waals surface area contributed by atoms with Gasteiger partial charge < -0.3 is 20.4 Å². The van der Waals surface area contributed by atoms with Crippen LogP contribution in [0.25, 0.3) is 0 Å². The molecule has 0 amide bonds. The lowest BCUT2D eigenvalue weighted by Crippen LogP contribution is -2.06. The van der Waals surface area contributed by atoms with Gasteiger partial charge in [-0.1, -0.05) is 288 Å². The van der Waals surface area contributed by atoms with E-state index in [1.54, 1.807) is 5.57 Å². The van der Waals surface area contributed by atoms with Crippen LogP contribution in [0.4, 0.5) is 0 Å². The molecule has 0 saturated carbocycles. The second kappa shape index (κ2) is 72.2. The van der Waals surface area contributed by atoms with Crippen molar-refractivity contribution in [1.29, 1.82) is 0 Å². The maximum atomic E-state index is 10.8. The number of unbranched alkanes of at least 4 members (excludes halogenated alkanes) is 42. The SMILES string of the molecule is CCCCCCCC/C=C\CCCCCCCC(=O)O.CCCCCCCC/C=C\CCCCCCCC(=O)O.CCCCCCCCCC(CCCCCCCC(=O)O)/C(=C/CCCCCCCC(=O)O)CCCCCCCC. The normalized spacial score (nSPS) is 11.9. The van der Waals surface area contributed by atoms with E-state index in [1.165, 1.54) is 276 Å². The van der Waals surface area contributed by atoms with Crippen molar-refractivity contribution in [3.63, 3.8) is 0 Å². The molecule has 0 saturated heterocycles. The van der Waals surface area contributed by atoms with Crippen molar-refractivity contribution >= 4 is 23.9 Å². The van der Waals surface area contributed by atoms with Crippen molar-refractivity contribution in [2.75, 3.05) is 0 Å². The van der Waals surface area contributed by atoms with Crippen LogP contribution in [0.5, 0.6) is 0 Å². The van der Waals surface area contributed by atoms with Gasteiger partial charge in [0.15, 0.2) is 0 Å². The van der Waals surface area contributed by atoms with Crippen LogP contribution in [0, 0.1) is 5.92 Å². The number of hydrogen-bond acceptors (Lipinski definition) is 4. The number of allylic oxidation sites excluding steroid dienone is 6. The molecule has 8 nitrogen and oxygen atoms in total. The average molecular weight is 1130 g/mol. The van der Waals surface area contributed by atoms with Gasteiger partial charge in [0.25, 0.3) is 0 Å². The van der Waals surface area contributed by atoms with Crippen molar-refractivity contribution in [3.8, 4) is 0 Å². The number of rotatable bonds is 62. The summed E-state index contributed by atoms with van der Waals surface area (Å²) in [7, 11) is 0. The van der Waals surface area contributed by atoms with Gasteiger partial charge in [-0.3, -0.25) is 19.2 Å². The third-order valence-corrected chi connectivity index (χ3v) is 15.7. The second-order valence-corrected chi connectivity index (χ2v) is 23.8.